The highest BCUT2D eigenvalue weighted by Crippen LogP contribution is 2.08. The van der Waals surface area contributed by atoms with Crippen LogP contribution in [0.5, 0.6) is 0 Å². The van der Waals surface area contributed by atoms with Crippen LogP contribution in [-0.2, 0) is 24.0 Å². The number of aliphatic hydroxyl groups excluding tert-OH is 1. The van der Waals surface area contributed by atoms with E-state index >= 15 is 0 Å². The molecule has 0 saturated heterocycles. The van der Waals surface area contributed by atoms with Gasteiger partial charge in [0.1, 0.15) is 24.2 Å². The first-order valence-electron chi connectivity index (χ1n) is 9.23. The maximum atomic E-state index is 12.4. The molecule has 0 radical (unpaired) electrons. The van der Waals surface area contributed by atoms with Gasteiger partial charge < -0.3 is 37.6 Å². The summed E-state index contributed by atoms with van der Waals surface area (Å²) in [5, 5.41) is 25.2. The Labute approximate surface area is 168 Å². The van der Waals surface area contributed by atoms with Crippen molar-refractivity contribution in [3.05, 3.63) is 0 Å². The van der Waals surface area contributed by atoms with Gasteiger partial charge in [0.15, 0.2) is 0 Å². The lowest BCUT2D eigenvalue weighted by Crippen LogP contribution is -2.57. The Balaban J connectivity index is 5.10. The summed E-state index contributed by atoms with van der Waals surface area (Å²) in [5.41, 5.74) is 10.5. The minimum absolute atomic E-state index is 0.149. The number of amides is 4. The lowest BCUT2D eigenvalue weighted by molar-refractivity contribution is -0.143. The van der Waals surface area contributed by atoms with Gasteiger partial charge in [-0.1, -0.05) is 20.3 Å². The van der Waals surface area contributed by atoms with Crippen molar-refractivity contribution in [1.29, 1.82) is 0 Å². The van der Waals surface area contributed by atoms with Crippen molar-refractivity contribution in [2.75, 3.05) is 6.61 Å². The van der Waals surface area contributed by atoms with E-state index in [9.17, 15) is 29.1 Å². The van der Waals surface area contributed by atoms with Crippen LogP contribution in [-0.4, -0.2) is 70.6 Å². The molecule has 9 N–H and O–H groups in total. The number of carboxylic acids is 1. The quantitative estimate of drug-likeness (QED) is 0.165. The van der Waals surface area contributed by atoms with Crippen molar-refractivity contribution in [3.8, 4) is 0 Å². The van der Waals surface area contributed by atoms with Crippen LogP contribution in [0.3, 0.4) is 0 Å². The van der Waals surface area contributed by atoms with Crippen LogP contribution in [0.25, 0.3) is 0 Å². The number of nitrogens with one attached hydrogen (secondary N) is 3. The Morgan fingerprint density at radius 1 is 0.966 bits per heavy atom. The van der Waals surface area contributed by atoms with E-state index in [-0.39, 0.29) is 18.8 Å². The Morgan fingerprint density at radius 3 is 2.00 bits per heavy atom. The smallest absolute Gasteiger partial charge is 0.326 e. The molecule has 12 heteroatoms. The molecule has 0 aromatic heterocycles. The summed E-state index contributed by atoms with van der Waals surface area (Å²) in [4.78, 5) is 58.9. The van der Waals surface area contributed by atoms with Crippen LogP contribution in [0.1, 0.15) is 40.0 Å². The van der Waals surface area contributed by atoms with E-state index in [0.29, 0.717) is 6.42 Å². The average molecular weight is 417 g/mol. The Morgan fingerprint density at radius 2 is 1.55 bits per heavy atom. The third kappa shape index (κ3) is 9.34. The number of aliphatic hydroxyl groups is 1. The number of nitrogens with two attached hydrogens (primary N) is 2. The third-order valence-electron chi connectivity index (χ3n) is 4.37. The molecular formula is C17H31N5O7. The molecule has 166 valence electrons. The maximum Gasteiger partial charge on any atom is 0.326 e. The Hall–Kier alpha value is -2.73. The molecule has 0 rings (SSSR count). The van der Waals surface area contributed by atoms with E-state index in [1.165, 1.54) is 6.92 Å². The molecular weight excluding hydrogens is 386 g/mol. The van der Waals surface area contributed by atoms with Gasteiger partial charge in [-0.05, 0) is 19.3 Å². The first kappa shape index (κ1) is 26.3. The lowest BCUT2D eigenvalue weighted by Gasteiger charge is -2.24. The number of carboxylic acid groups (broad SMARTS) is 1. The molecule has 0 heterocycles. The molecule has 5 atom stereocenters. The molecule has 0 aliphatic rings. The van der Waals surface area contributed by atoms with E-state index in [2.05, 4.69) is 16.0 Å². The van der Waals surface area contributed by atoms with Gasteiger partial charge in [-0.25, -0.2) is 4.79 Å². The van der Waals surface area contributed by atoms with Gasteiger partial charge in [0.05, 0.1) is 6.61 Å². The summed E-state index contributed by atoms with van der Waals surface area (Å²) < 4.78 is 0. The van der Waals surface area contributed by atoms with E-state index in [1.54, 1.807) is 13.8 Å². The van der Waals surface area contributed by atoms with Crippen LogP contribution >= 0.6 is 0 Å². The molecule has 0 aliphatic carbocycles. The fourth-order valence-corrected chi connectivity index (χ4v) is 2.26. The molecule has 5 unspecified atom stereocenters. The van der Waals surface area contributed by atoms with Crippen molar-refractivity contribution in [2.24, 2.45) is 17.4 Å². The van der Waals surface area contributed by atoms with Gasteiger partial charge in [0.25, 0.3) is 0 Å². The maximum absolute atomic E-state index is 12.4. The highest BCUT2D eigenvalue weighted by molar-refractivity contribution is 5.94. The topological polar surface area (TPSA) is 214 Å². The molecule has 0 aromatic carbocycles. The van der Waals surface area contributed by atoms with Gasteiger partial charge in [-0.2, -0.15) is 0 Å². The molecule has 4 amide bonds. The lowest BCUT2D eigenvalue weighted by atomic mass is 9.99. The fourth-order valence-electron chi connectivity index (χ4n) is 2.26. The summed E-state index contributed by atoms with van der Waals surface area (Å²) in [6, 6.07) is -4.74. The number of aliphatic carboxylic acids is 1. The SMILES string of the molecule is CCC(C)C(NC(=O)C(C)NC(=O)C(CCC(N)=O)NC(=O)C(N)CO)C(=O)O. The summed E-state index contributed by atoms with van der Waals surface area (Å²) in [6.45, 7) is 4.14. The van der Waals surface area contributed by atoms with Crippen LogP contribution in [0.2, 0.25) is 0 Å². The standard InChI is InChI=1S/C17H31N5O7/c1-4-8(2)13(17(28)29)22-14(25)9(3)20-16(27)11(5-6-12(19)24)21-15(26)10(18)7-23/h8-11,13,23H,4-7,18H2,1-3H3,(H2,19,24)(H,20,27)(H,21,26)(H,22,25)(H,28,29). The summed E-state index contributed by atoms with van der Waals surface area (Å²) in [5.74, 6) is -4.57. The molecule has 0 saturated carbocycles. The van der Waals surface area contributed by atoms with E-state index in [4.69, 9.17) is 16.6 Å². The predicted octanol–water partition coefficient (Wildman–Crippen LogP) is -2.82. The summed E-state index contributed by atoms with van der Waals surface area (Å²) >= 11 is 0. The van der Waals surface area contributed by atoms with Gasteiger partial charge in [0.2, 0.25) is 23.6 Å². The largest absolute Gasteiger partial charge is 0.480 e. The van der Waals surface area contributed by atoms with E-state index in [1.807, 2.05) is 0 Å². The monoisotopic (exact) mass is 417 g/mol. The highest BCUT2D eigenvalue weighted by Gasteiger charge is 2.30. The number of carbonyl (C=O) groups is 5. The second-order valence-corrected chi connectivity index (χ2v) is 6.80. The van der Waals surface area contributed by atoms with Crippen LogP contribution in [0, 0.1) is 5.92 Å². The molecule has 12 nitrogen and oxygen atoms in total. The van der Waals surface area contributed by atoms with Gasteiger partial charge in [-0.3, -0.25) is 19.2 Å². The summed E-state index contributed by atoms with van der Waals surface area (Å²) in [7, 11) is 0. The Kier molecular flexibility index (Phi) is 11.5. The molecule has 29 heavy (non-hydrogen) atoms. The first-order chi connectivity index (χ1) is 13.4. The average Bonchev–Trinajstić information content (AvgIpc) is 2.66. The zero-order valence-electron chi connectivity index (χ0n) is 16.8. The van der Waals surface area contributed by atoms with Gasteiger partial charge >= 0.3 is 5.97 Å². The summed E-state index contributed by atoms with van der Waals surface area (Å²) in [6.07, 6.45) is 0.150. The zero-order chi connectivity index (χ0) is 22.7. The second kappa shape index (κ2) is 12.7. The van der Waals surface area contributed by atoms with E-state index < -0.39 is 60.4 Å². The normalized spacial score (nSPS) is 15.9. The fraction of sp³-hybridized carbons (Fsp3) is 0.706. The molecule has 0 fully saturated rings. The second-order valence-electron chi connectivity index (χ2n) is 6.80. The third-order valence-corrected chi connectivity index (χ3v) is 4.37. The number of hydrogen-bond acceptors (Lipinski definition) is 7. The van der Waals surface area contributed by atoms with Crippen molar-refractivity contribution < 1.29 is 34.2 Å². The van der Waals surface area contributed by atoms with Crippen molar-refractivity contribution in [1.82, 2.24) is 16.0 Å². The van der Waals surface area contributed by atoms with Gasteiger partial charge in [0, 0.05) is 6.42 Å². The minimum Gasteiger partial charge on any atom is -0.480 e. The van der Waals surface area contributed by atoms with Crippen LogP contribution in [0.4, 0.5) is 0 Å². The van der Waals surface area contributed by atoms with Gasteiger partial charge in [-0.15, -0.1) is 0 Å². The number of primary amides is 1. The number of rotatable bonds is 13. The van der Waals surface area contributed by atoms with Crippen molar-refractivity contribution in [2.45, 2.75) is 64.2 Å². The van der Waals surface area contributed by atoms with Crippen LogP contribution < -0.4 is 27.4 Å². The molecule has 0 aromatic rings. The zero-order valence-corrected chi connectivity index (χ0v) is 16.8. The van der Waals surface area contributed by atoms with Crippen molar-refractivity contribution in [3.63, 3.8) is 0 Å². The molecule has 0 aliphatic heterocycles. The van der Waals surface area contributed by atoms with E-state index in [0.717, 1.165) is 0 Å². The number of carbonyl (C=O) groups excluding carboxylic acids is 4. The minimum atomic E-state index is -1.27. The molecule has 0 spiro atoms. The highest BCUT2D eigenvalue weighted by atomic mass is 16.4. The Bertz CT molecular complexity index is 613. The first-order valence-corrected chi connectivity index (χ1v) is 9.23. The number of hydrogen-bond donors (Lipinski definition) is 7. The molecule has 0 bridgehead atoms. The predicted molar refractivity (Wildman–Crippen MR) is 102 cm³/mol. The van der Waals surface area contributed by atoms with Crippen LogP contribution in [0.15, 0.2) is 0 Å². The van der Waals surface area contributed by atoms with Crippen molar-refractivity contribution >= 4 is 29.6 Å².